The minimum Gasteiger partial charge on any atom is -0.316 e. The van der Waals surface area contributed by atoms with Gasteiger partial charge in [-0.25, -0.2) is 4.98 Å². The fourth-order valence-electron chi connectivity index (χ4n) is 2.52. The highest BCUT2D eigenvalue weighted by molar-refractivity contribution is 7.09. The van der Waals surface area contributed by atoms with Crippen molar-refractivity contribution >= 4 is 11.3 Å². The van der Waals surface area contributed by atoms with Gasteiger partial charge in [-0.05, 0) is 37.6 Å². The fraction of sp³-hybridized carbons (Fsp3) is 0.786. The van der Waals surface area contributed by atoms with E-state index in [0.717, 1.165) is 12.5 Å². The maximum Gasteiger partial charge on any atom is 0.0934 e. The summed E-state index contributed by atoms with van der Waals surface area (Å²) in [6, 6.07) is 0. The number of rotatable bonds is 6. The number of thiazole rings is 1. The van der Waals surface area contributed by atoms with Crippen LogP contribution in [0.3, 0.4) is 0 Å². The van der Waals surface area contributed by atoms with E-state index in [-0.39, 0.29) is 0 Å². The zero-order valence-corrected chi connectivity index (χ0v) is 12.1. The van der Waals surface area contributed by atoms with E-state index in [0.29, 0.717) is 5.41 Å². The molecular formula is C14H24N2S. The minimum atomic E-state index is 0.513. The summed E-state index contributed by atoms with van der Waals surface area (Å²) in [7, 11) is 0. The Morgan fingerprint density at radius 1 is 1.47 bits per heavy atom. The number of hydrogen-bond donors (Lipinski definition) is 1. The van der Waals surface area contributed by atoms with Crippen LogP contribution in [-0.4, -0.2) is 18.1 Å². The molecule has 96 valence electrons. The molecule has 1 aliphatic rings. The Morgan fingerprint density at radius 2 is 2.24 bits per heavy atom. The number of nitrogens with zero attached hydrogens (tertiary/aromatic N) is 1. The Hall–Kier alpha value is -0.410. The predicted octanol–water partition coefficient (Wildman–Crippen LogP) is 3.41. The summed E-state index contributed by atoms with van der Waals surface area (Å²) in [4.78, 5) is 4.61. The van der Waals surface area contributed by atoms with Crippen LogP contribution in [0.1, 0.15) is 43.8 Å². The Balaban J connectivity index is 1.86. The normalized spacial score (nSPS) is 18.4. The second kappa shape index (κ2) is 5.49. The van der Waals surface area contributed by atoms with E-state index in [9.17, 15) is 0 Å². The molecule has 1 aliphatic carbocycles. The zero-order valence-electron chi connectivity index (χ0n) is 11.3. The van der Waals surface area contributed by atoms with E-state index < -0.39 is 0 Å². The lowest BCUT2D eigenvalue weighted by molar-refractivity contribution is 0.129. The number of nitrogens with one attached hydrogen (secondary N) is 1. The monoisotopic (exact) mass is 252 g/mol. The third-order valence-corrected chi connectivity index (χ3v) is 4.63. The van der Waals surface area contributed by atoms with Crippen molar-refractivity contribution < 1.29 is 0 Å². The average molecular weight is 252 g/mol. The molecule has 0 aliphatic heterocycles. The van der Waals surface area contributed by atoms with Gasteiger partial charge < -0.3 is 5.32 Å². The van der Waals surface area contributed by atoms with E-state index in [1.54, 1.807) is 0 Å². The summed E-state index contributed by atoms with van der Waals surface area (Å²) in [5, 5.41) is 7.13. The van der Waals surface area contributed by atoms with E-state index >= 15 is 0 Å². The first-order valence-corrected chi connectivity index (χ1v) is 7.59. The molecule has 1 fully saturated rings. The van der Waals surface area contributed by atoms with E-state index in [1.807, 2.05) is 11.3 Å². The van der Waals surface area contributed by atoms with Gasteiger partial charge in [-0.1, -0.05) is 20.3 Å². The van der Waals surface area contributed by atoms with Crippen molar-refractivity contribution in [2.45, 2.75) is 46.5 Å². The molecule has 0 aromatic carbocycles. The second-order valence-electron chi connectivity index (χ2n) is 5.94. The van der Waals surface area contributed by atoms with E-state index in [4.69, 9.17) is 0 Å². The summed E-state index contributed by atoms with van der Waals surface area (Å²) < 4.78 is 0. The summed E-state index contributed by atoms with van der Waals surface area (Å²) in [6.45, 7) is 8.93. The van der Waals surface area contributed by atoms with Gasteiger partial charge in [0.2, 0.25) is 0 Å². The van der Waals surface area contributed by atoms with E-state index in [2.05, 4.69) is 36.5 Å². The highest BCUT2D eigenvalue weighted by Gasteiger charge is 2.37. The van der Waals surface area contributed by atoms with Gasteiger partial charge in [0.15, 0.2) is 0 Å². The van der Waals surface area contributed by atoms with Crippen molar-refractivity contribution in [1.29, 1.82) is 0 Å². The molecule has 1 aromatic rings. The first-order valence-electron chi connectivity index (χ1n) is 6.71. The molecule has 2 rings (SSSR count). The lowest BCUT2D eigenvalue weighted by Crippen LogP contribution is -2.42. The van der Waals surface area contributed by atoms with Crippen LogP contribution in [0.25, 0.3) is 0 Å². The van der Waals surface area contributed by atoms with E-state index in [1.165, 1.54) is 42.9 Å². The zero-order chi connectivity index (χ0) is 12.3. The van der Waals surface area contributed by atoms with Crippen molar-refractivity contribution in [3.8, 4) is 0 Å². The predicted molar refractivity (Wildman–Crippen MR) is 74.5 cm³/mol. The topological polar surface area (TPSA) is 24.9 Å². The number of aryl methyl sites for hydroxylation is 1. The van der Waals surface area contributed by atoms with Crippen LogP contribution in [0, 0.1) is 18.3 Å². The molecule has 0 unspecified atom stereocenters. The molecule has 1 N–H and O–H groups in total. The molecule has 1 saturated carbocycles. The molecular weight excluding hydrogens is 228 g/mol. The van der Waals surface area contributed by atoms with Gasteiger partial charge in [0.05, 0.1) is 5.01 Å². The quantitative estimate of drug-likeness (QED) is 0.839. The minimum absolute atomic E-state index is 0.513. The maximum atomic E-state index is 4.61. The van der Waals surface area contributed by atoms with Gasteiger partial charge in [-0.2, -0.15) is 0 Å². The summed E-state index contributed by atoms with van der Waals surface area (Å²) in [6.07, 6.45) is 5.32. The molecule has 0 spiro atoms. The molecule has 0 amide bonds. The van der Waals surface area contributed by atoms with Gasteiger partial charge in [-0.3, -0.25) is 0 Å². The Kier molecular flexibility index (Phi) is 4.21. The molecule has 0 saturated heterocycles. The third-order valence-electron chi connectivity index (χ3n) is 3.66. The lowest BCUT2D eigenvalue weighted by Gasteiger charge is -2.42. The van der Waals surface area contributed by atoms with Crippen LogP contribution in [0.5, 0.6) is 0 Å². The SMILES string of the molecule is Cc1csc(CC2(CNCC(C)C)CCC2)n1. The Bertz CT molecular complexity index is 353. The smallest absolute Gasteiger partial charge is 0.0934 e. The van der Waals surface area contributed by atoms with Crippen molar-refractivity contribution in [1.82, 2.24) is 10.3 Å². The van der Waals surface area contributed by atoms with Crippen molar-refractivity contribution in [3.63, 3.8) is 0 Å². The molecule has 2 nitrogen and oxygen atoms in total. The van der Waals surface area contributed by atoms with Crippen molar-refractivity contribution in [3.05, 3.63) is 16.1 Å². The number of aromatic nitrogens is 1. The molecule has 0 bridgehead atoms. The van der Waals surface area contributed by atoms with Gasteiger partial charge >= 0.3 is 0 Å². The second-order valence-corrected chi connectivity index (χ2v) is 6.88. The first-order chi connectivity index (χ1) is 8.10. The van der Waals surface area contributed by atoms with Gasteiger partial charge in [0, 0.05) is 24.0 Å². The molecule has 3 heteroatoms. The average Bonchev–Trinajstić information content (AvgIpc) is 2.59. The highest BCUT2D eigenvalue weighted by atomic mass is 32.1. The molecule has 1 heterocycles. The van der Waals surface area contributed by atoms with Crippen LogP contribution in [-0.2, 0) is 6.42 Å². The summed E-state index contributed by atoms with van der Waals surface area (Å²) >= 11 is 1.83. The molecule has 17 heavy (non-hydrogen) atoms. The highest BCUT2D eigenvalue weighted by Crippen LogP contribution is 2.43. The molecule has 1 aromatic heterocycles. The standard InChI is InChI=1S/C14H24N2S/c1-11(2)8-15-10-14(5-4-6-14)7-13-16-12(3)9-17-13/h9,11,15H,4-8,10H2,1-3H3. The Labute approximate surface area is 109 Å². The summed E-state index contributed by atoms with van der Waals surface area (Å²) in [5.41, 5.74) is 1.69. The van der Waals surface area contributed by atoms with Gasteiger partial charge in [0.25, 0.3) is 0 Å². The third kappa shape index (κ3) is 3.52. The maximum absolute atomic E-state index is 4.61. The van der Waals surface area contributed by atoms with Crippen LogP contribution >= 0.6 is 11.3 Å². The fourth-order valence-corrected chi connectivity index (χ4v) is 3.47. The largest absolute Gasteiger partial charge is 0.316 e. The van der Waals surface area contributed by atoms with Crippen LogP contribution in [0.15, 0.2) is 5.38 Å². The van der Waals surface area contributed by atoms with Crippen LogP contribution < -0.4 is 5.32 Å². The molecule has 0 atom stereocenters. The van der Waals surface area contributed by atoms with Crippen molar-refractivity contribution in [2.24, 2.45) is 11.3 Å². The van der Waals surface area contributed by atoms with Crippen LogP contribution in [0.2, 0.25) is 0 Å². The number of hydrogen-bond acceptors (Lipinski definition) is 3. The van der Waals surface area contributed by atoms with Crippen LogP contribution in [0.4, 0.5) is 0 Å². The van der Waals surface area contributed by atoms with Crippen molar-refractivity contribution in [2.75, 3.05) is 13.1 Å². The Morgan fingerprint density at radius 3 is 2.71 bits per heavy atom. The summed E-state index contributed by atoms with van der Waals surface area (Å²) in [5.74, 6) is 0.745. The van der Waals surface area contributed by atoms with Gasteiger partial charge in [0.1, 0.15) is 0 Å². The molecule has 0 radical (unpaired) electrons. The lowest BCUT2D eigenvalue weighted by atomic mass is 9.66. The van der Waals surface area contributed by atoms with Gasteiger partial charge in [-0.15, -0.1) is 11.3 Å². The first kappa shape index (κ1) is 13.0.